The Hall–Kier alpha value is -3.67. The summed E-state index contributed by atoms with van der Waals surface area (Å²) in [5, 5.41) is 4.24. The number of esters is 1. The number of ether oxygens (including phenoxy) is 2. The minimum atomic E-state index is -0.469. The second-order valence-electron chi connectivity index (χ2n) is 8.12. The Labute approximate surface area is 209 Å². The van der Waals surface area contributed by atoms with E-state index >= 15 is 0 Å². The number of carbonyl (C=O) groups is 1. The summed E-state index contributed by atoms with van der Waals surface area (Å²) in [6.07, 6.45) is 16.1. The maximum Gasteiger partial charge on any atom is 0.331 e. The topological polar surface area (TPSA) is 65.7 Å². The maximum absolute atomic E-state index is 12.4. The van der Waals surface area contributed by atoms with Crippen molar-refractivity contribution in [3.63, 3.8) is 0 Å². The highest BCUT2D eigenvalue weighted by molar-refractivity contribution is 5.79. The van der Waals surface area contributed by atoms with Gasteiger partial charge in [0.25, 0.3) is 0 Å². The van der Waals surface area contributed by atoms with Crippen LogP contribution >= 0.6 is 0 Å². The molecule has 1 unspecified atom stereocenters. The quantitative estimate of drug-likeness (QED) is 0.141. The van der Waals surface area contributed by atoms with Gasteiger partial charge in [-0.25, -0.2) is 4.79 Å². The third-order valence-corrected chi connectivity index (χ3v) is 5.48. The van der Waals surface area contributed by atoms with E-state index in [2.05, 4.69) is 40.9 Å². The largest absolute Gasteiger partial charge is 0.500 e. The Morgan fingerprint density at radius 1 is 1.20 bits per heavy atom. The molecule has 35 heavy (non-hydrogen) atoms. The number of aromatic nitrogens is 2. The molecule has 1 aromatic heterocycles. The number of aliphatic imine (C=N–C) groups is 1. The molecule has 2 aromatic rings. The van der Waals surface area contributed by atoms with Crippen molar-refractivity contribution in [2.75, 3.05) is 13.7 Å². The molecule has 0 spiro atoms. The second kappa shape index (κ2) is 15.3. The van der Waals surface area contributed by atoms with E-state index < -0.39 is 6.04 Å². The van der Waals surface area contributed by atoms with E-state index in [1.807, 2.05) is 51.3 Å². The molecule has 0 saturated heterocycles. The lowest BCUT2D eigenvalue weighted by molar-refractivity contribution is -0.147. The Morgan fingerprint density at radius 2 is 1.94 bits per heavy atom. The number of methoxy groups -OCH3 is 1. The van der Waals surface area contributed by atoms with Crippen LogP contribution in [0.5, 0.6) is 0 Å². The van der Waals surface area contributed by atoms with Crippen LogP contribution in [0.1, 0.15) is 50.8 Å². The van der Waals surface area contributed by atoms with Crippen LogP contribution in [0, 0.1) is 0 Å². The Balaban J connectivity index is 1.97. The first-order valence-electron chi connectivity index (χ1n) is 12.0. The summed E-state index contributed by atoms with van der Waals surface area (Å²) in [4.78, 5) is 17.1. The van der Waals surface area contributed by atoms with Gasteiger partial charge in [0.2, 0.25) is 0 Å². The molecule has 0 aliphatic carbocycles. The van der Waals surface area contributed by atoms with Crippen LogP contribution in [-0.2, 0) is 27.1 Å². The maximum atomic E-state index is 12.4. The fraction of sp³-hybridized carbons (Fsp3) is 0.345. The van der Waals surface area contributed by atoms with Gasteiger partial charge < -0.3 is 9.47 Å². The first-order valence-corrected chi connectivity index (χ1v) is 12.0. The van der Waals surface area contributed by atoms with E-state index in [0.29, 0.717) is 13.0 Å². The van der Waals surface area contributed by atoms with Gasteiger partial charge in [0.05, 0.1) is 19.4 Å². The fourth-order valence-corrected chi connectivity index (χ4v) is 3.47. The van der Waals surface area contributed by atoms with Gasteiger partial charge in [-0.05, 0) is 62.8 Å². The van der Waals surface area contributed by atoms with E-state index in [1.54, 1.807) is 30.3 Å². The molecule has 0 aliphatic rings. The third kappa shape index (κ3) is 9.61. The molecule has 1 atom stereocenters. The summed E-state index contributed by atoms with van der Waals surface area (Å²) in [5.41, 5.74) is 4.30. The molecule has 0 aliphatic heterocycles. The molecule has 1 aromatic carbocycles. The van der Waals surface area contributed by atoms with E-state index in [4.69, 9.17) is 9.47 Å². The minimum absolute atomic E-state index is 0.268. The SMILES string of the molecule is C=C\C=C/C=C(C)/C=N/C(CCCc1ccc(CC(C(=O)OCC)n2cccn2)cc1)=C(/C)OC. The van der Waals surface area contributed by atoms with Gasteiger partial charge in [0, 0.05) is 25.0 Å². The lowest BCUT2D eigenvalue weighted by Gasteiger charge is -2.16. The van der Waals surface area contributed by atoms with Crippen LogP contribution in [0.15, 0.2) is 95.6 Å². The molecule has 0 N–H and O–H groups in total. The molecule has 6 nitrogen and oxygen atoms in total. The summed E-state index contributed by atoms with van der Waals surface area (Å²) >= 11 is 0. The molecule has 2 rings (SSSR count). The Kier molecular flexibility index (Phi) is 12.0. The molecule has 0 bridgehead atoms. The molecule has 0 saturated carbocycles. The zero-order chi connectivity index (χ0) is 25.5. The van der Waals surface area contributed by atoms with Gasteiger partial charge in [-0.2, -0.15) is 5.10 Å². The summed E-state index contributed by atoms with van der Waals surface area (Å²) < 4.78 is 12.3. The zero-order valence-electron chi connectivity index (χ0n) is 21.3. The molecule has 0 radical (unpaired) electrons. The van der Waals surface area contributed by atoms with Crippen LogP contribution in [-0.4, -0.2) is 35.7 Å². The highest BCUT2D eigenvalue weighted by atomic mass is 16.5. The normalized spacial score (nSPS) is 13.7. The molecule has 0 fully saturated rings. The van der Waals surface area contributed by atoms with Gasteiger partial charge in [-0.1, -0.05) is 55.1 Å². The van der Waals surface area contributed by atoms with Gasteiger partial charge in [-0.3, -0.25) is 9.67 Å². The number of rotatable bonds is 14. The Morgan fingerprint density at radius 3 is 2.57 bits per heavy atom. The smallest absolute Gasteiger partial charge is 0.331 e. The van der Waals surface area contributed by atoms with E-state index in [1.165, 1.54) is 5.56 Å². The van der Waals surface area contributed by atoms with Crippen molar-refractivity contribution in [1.29, 1.82) is 0 Å². The average Bonchev–Trinajstić information content (AvgIpc) is 3.40. The summed E-state index contributed by atoms with van der Waals surface area (Å²) in [6, 6.07) is 9.73. The van der Waals surface area contributed by atoms with Gasteiger partial charge in [-0.15, -0.1) is 0 Å². The number of benzene rings is 1. The predicted octanol–water partition coefficient (Wildman–Crippen LogP) is 6.19. The van der Waals surface area contributed by atoms with Crippen molar-refractivity contribution >= 4 is 12.2 Å². The van der Waals surface area contributed by atoms with Gasteiger partial charge in [0.1, 0.15) is 5.76 Å². The standard InChI is InChI=1S/C29H37N3O3/c1-6-8-9-12-23(3)22-30-27(24(4)34-5)14-10-13-25-15-17-26(18-16-25)21-28(29(33)35-7-2)32-20-11-19-31-32/h6,8-9,11-12,15-20,22,28H,1,7,10,13-14,21H2,2-5H3/b9-8-,23-12+,27-24-,30-22+. The van der Waals surface area contributed by atoms with Crippen LogP contribution in [0.3, 0.4) is 0 Å². The van der Waals surface area contributed by atoms with Crippen molar-refractivity contribution in [2.45, 2.75) is 52.5 Å². The first-order chi connectivity index (χ1) is 17.0. The fourth-order valence-electron chi connectivity index (χ4n) is 3.47. The van der Waals surface area contributed by atoms with E-state index in [0.717, 1.165) is 41.9 Å². The minimum Gasteiger partial charge on any atom is -0.500 e. The molecule has 1 heterocycles. The number of aryl methyl sites for hydroxylation is 1. The monoisotopic (exact) mass is 475 g/mol. The highest BCUT2D eigenvalue weighted by Gasteiger charge is 2.22. The number of allylic oxidation sites excluding steroid dienone is 7. The first kappa shape index (κ1) is 27.6. The van der Waals surface area contributed by atoms with Crippen LogP contribution in [0.2, 0.25) is 0 Å². The summed E-state index contributed by atoms with van der Waals surface area (Å²) in [6.45, 7) is 9.78. The lowest BCUT2D eigenvalue weighted by Crippen LogP contribution is -2.24. The number of nitrogens with zero attached hydrogens (tertiary/aromatic N) is 3. The third-order valence-electron chi connectivity index (χ3n) is 5.48. The van der Waals surface area contributed by atoms with Crippen LogP contribution < -0.4 is 0 Å². The van der Waals surface area contributed by atoms with Crippen molar-refractivity contribution in [1.82, 2.24) is 9.78 Å². The highest BCUT2D eigenvalue weighted by Crippen LogP contribution is 2.19. The molecule has 0 amide bonds. The van der Waals surface area contributed by atoms with Crippen molar-refractivity contribution in [3.8, 4) is 0 Å². The Bertz CT molecular complexity index is 1050. The van der Waals surface area contributed by atoms with Crippen molar-refractivity contribution in [2.24, 2.45) is 4.99 Å². The number of hydrogen-bond donors (Lipinski definition) is 0. The number of carbonyl (C=O) groups excluding carboxylic acids is 1. The molecular weight excluding hydrogens is 438 g/mol. The molecule has 6 heteroatoms. The van der Waals surface area contributed by atoms with Crippen molar-refractivity contribution in [3.05, 3.63) is 102 Å². The average molecular weight is 476 g/mol. The summed E-state index contributed by atoms with van der Waals surface area (Å²) in [7, 11) is 1.67. The predicted molar refractivity (Wildman–Crippen MR) is 142 cm³/mol. The molecular formula is C29H37N3O3. The molecule has 186 valence electrons. The van der Waals surface area contributed by atoms with Crippen LogP contribution in [0.25, 0.3) is 0 Å². The zero-order valence-corrected chi connectivity index (χ0v) is 21.3. The van der Waals surface area contributed by atoms with Crippen LogP contribution in [0.4, 0.5) is 0 Å². The van der Waals surface area contributed by atoms with Gasteiger partial charge >= 0.3 is 5.97 Å². The van der Waals surface area contributed by atoms with E-state index in [9.17, 15) is 4.79 Å². The van der Waals surface area contributed by atoms with Gasteiger partial charge in [0.15, 0.2) is 6.04 Å². The van der Waals surface area contributed by atoms with E-state index in [-0.39, 0.29) is 5.97 Å². The lowest BCUT2D eigenvalue weighted by atomic mass is 10.0. The second-order valence-corrected chi connectivity index (χ2v) is 8.12. The summed E-state index contributed by atoms with van der Waals surface area (Å²) in [5.74, 6) is 0.560. The number of hydrogen-bond acceptors (Lipinski definition) is 5. The van der Waals surface area contributed by atoms with Crippen molar-refractivity contribution < 1.29 is 14.3 Å².